The summed E-state index contributed by atoms with van der Waals surface area (Å²) in [4.78, 5) is 14.4. The Morgan fingerprint density at radius 3 is 2.67 bits per heavy atom. The van der Waals surface area contributed by atoms with Gasteiger partial charge in [0.1, 0.15) is 0 Å². The van der Waals surface area contributed by atoms with Crippen molar-refractivity contribution < 1.29 is 9.53 Å². The summed E-state index contributed by atoms with van der Waals surface area (Å²) >= 11 is 5.06. The van der Waals surface area contributed by atoms with Gasteiger partial charge in [0, 0.05) is 4.88 Å². The maximum absolute atomic E-state index is 11.3. The van der Waals surface area contributed by atoms with Gasteiger partial charge in [0.05, 0.1) is 23.4 Å². The lowest BCUT2D eigenvalue weighted by Crippen LogP contribution is -2.22. The summed E-state index contributed by atoms with van der Waals surface area (Å²) in [7, 11) is 5.34. The van der Waals surface area contributed by atoms with Crippen molar-refractivity contribution in [3.8, 4) is 0 Å². The van der Waals surface area contributed by atoms with E-state index in [0.717, 1.165) is 8.66 Å². The standard InChI is InChI=1S/C10H14BrNO2S/c1-12(2)7(6-10(13)14-3)8-4-5-9(11)15-8/h4-5,7H,6H2,1-3H3. The maximum Gasteiger partial charge on any atom is 0.307 e. The second-order valence-corrected chi connectivity index (χ2v) is 5.90. The Kier molecular flexibility index (Phi) is 4.76. The van der Waals surface area contributed by atoms with Gasteiger partial charge in [-0.2, -0.15) is 0 Å². The molecule has 0 aliphatic heterocycles. The van der Waals surface area contributed by atoms with E-state index < -0.39 is 0 Å². The number of ether oxygens (including phenoxy) is 1. The number of esters is 1. The quantitative estimate of drug-likeness (QED) is 0.799. The zero-order chi connectivity index (χ0) is 11.4. The van der Waals surface area contributed by atoms with Crippen LogP contribution in [0.3, 0.4) is 0 Å². The molecule has 0 aromatic carbocycles. The minimum absolute atomic E-state index is 0.0914. The van der Waals surface area contributed by atoms with Crippen molar-refractivity contribution in [2.75, 3.05) is 21.2 Å². The van der Waals surface area contributed by atoms with Gasteiger partial charge in [-0.25, -0.2) is 0 Å². The van der Waals surface area contributed by atoms with Crippen LogP contribution in [0.2, 0.25) is 0 Å². The van der Waals surface area contributed by atoms with Gasteiger partial charge >= 0.3 is 5.97 Å². The van der Waals surface area contributed by atoms with Crippen molar-refractivity contribution in [1.29, 1.82) is 0 Å². The first-order valence-electron chi connectivity index (χ1n) is 4.53. The Balaban J connectivity index is 2.79. The molecule has 0 bridgehead atoms. The summed E-state index contributed by atoms with van der Waals surface area (Å²) in [5, 5.41) is 0. The fourth-order valence-corrected chi connectivity index (χ4v) is 2.91. The number of hydrogen-bond donors (Lipinski definition) is 0. The number of nitrogens with zero attached hydrogens (tertiary/aromatic N) is 1. The van der Waals surface area contributed by atoms with Crippen LogP contribution in [0.1, 0.15) is 17.3 Å². The summed E-state index contributed by atoms with van der Waals surface area (Å²) in [5.74, 6) is -0.182. The number of rotatable bonds is 4. The molecule has 0 N–H and O–H groups in total. The lowest BCUT2D eigenvalue weighted by Gasteiger charge is -2.21. The molecule has 0 amide bonds. The van der Waals surface area contributed by atoms with E-state index >= 15 is 0 Å². The first-order valence-corrected chi connectivity index (χ1v) is 6.14. The summed E-state index contributed by atoms with van der Waals surface area (Å²) < 4.78 is 5.76. The second kappa shape index (κ2) is 5.63. The highest BCUT2D eigenvalue weighted by atomic mass is 79.9. The van der Waals surface area contributed by atoms with Crippen LogP contribution >= 0.6 is 27.3 Å². The molecule has 0 radical (unpaired) electrons. The molecule has 1 aromatic rings. The topological polar surface area (TPSA) is 29.5 Å². The molecule has 1 rings (SSSR count). The van der Waals surface area contributed by atoms with E-state index in [9.17, 15) is 4.79 Å². The van der Waals surface area contributed by atoms with E-state index in [1.807, 2.05) is 31.1 Å². The average Bonchev–Trinajstić information content (AvgIpc) is 2.60. The van der Waals surface area contributed by atoms with Crippen LogP contribution in [0.4, 0.5) is 0 Å². The highest BCUT2D eigenvalue weighted by Gasteiger charge is 2.20. The van der Waals surface area contributed by atoms with Crippen LogP contribution in [0.25, 0.3) is 0 Å². The number of hydrogen-bond acceptors (Lipinski definition) is 4. The molecule has 0 spiro atoms. The molecule has 0 saturated heterocycles. The molecule has 84 valence electrons. The maximum atomic E-state index is 11.3. The largest absolute Gasteiger partial charge is 0.469 e. The Bertz CT molecular complexity index is 338. The van der Waals surface area contributed by atoms with E-state index in [1.54, 1.807) is 11.3 Å². The number of halogens is 1. The summed E-state index contributed by atoms with van der Waals surface area (Å²) in [6.45, 7) is 0. The van der Waals surface area contributed by atoms with Crippen molar-refractivity contribution in [2.24, 2.45) is 0 Å². The molecular weight excluding hydrogens is 278 g/mol. The Hall–Kier alpha value is -0.390. The number of carbonyl (C=O) groups is 1. The van der Waals surface area contributed by atoms with Crippen molar-refractivity contribution in [3.63, 3.8) is 0 Å². The normalized spacial score (nSPS) is 12.9. The molecule has 5 heteroatoms. The molecular formula is C10H14BrNO2S. The number of methoxy groups -OCH3 is 1. The Labute approximate surface area is 102 Å². The van der Waals surface area contributed by atoms with Crippen LogP contribution < -0.4 is 0 Å². The van der Waals surface area contributed by atoms with Crippen molar-refractivity contribution in [2.45, 2.75) is 12.5 Å². The lowest BCUT2D eigenvalue weighted by atomic mass is 10.1. The molecule has 1 unspecified atom stereocenters. The molecule has 3 nitrogen and oxygen atoms in total. The van der Waals surface area contributed by atoms with Gasteiger partial charge in [0.15, 0.2) is 0 Å². The number of thiophene rings is 1. The molecule has 1 heterocycles. The van der Waals surface area contributed by atoms with Gasteiger partial charge < -0.3 is 9.64 Å². The van der Waals surface area contributed by atoms with E-state index in [-0.39, 0.29) is 12.0 Å². The van der Waals surface area contributed by atoms with Gasteiger partial charge in [0.2, 0.25) is 0 Å². The first kappa shape index (κ1) is 12.7. The predicted octanol–water partition coefficient (Wildman–Crippen LogP) is 2.68. The minimum Gasteiger partial charge on any atom is -0.469 e. The molecule has 0 fully saturated rings. The van der Waals surface area contributed by atoms with Crippen LogP contribution in [-0.2, 0) is 9.53 Å². The Morgan fingerprint density at radius 1 is 1.60 bits per heavy atom. The van der Waals surface area contributed by atoms with Crippen LogP contribution in [0, 0.1) is 0 Å². The molecule has 15 heavy (non-hydrogen) atoms. The fraction of sp³-hybridized carbons (Fsp3) is 0.500. The predicted molar refractivity (Wildman–Crippen MR) is 65.1 cm³/mol. The van der Waals surface area contributed by atoms with E-state index in [0.29, 0.717) is 6.42 Å². The van der Waals surface area contributed by atoms with Gasteiger partial charge in [-0.3, -0.25) is 4.79 Å². The summed E-state index contributed by atoms with van der Waals surface area (Å²) in [6, 6.07) is 4.12. The van der Waals surface area contributed by atoms with Gasteiger partial charge in [-0.05, 0) is 42.2 Å². The first-order chi connectivity index (χ1) is 7.04. The number of carbonyl (C=O) groups excluding carboxylic acids is 1. The molecule has 0 aliphatic rings. The van der Waals surface area contributed by atoms with Crippen molar-refractivity contribution in [3.05, 3.63) is 20.8 Å². The molecule has 0 saturated carbocycles. The third-order valence-corrected chi connectivity index (χ3v) is 3.86. The van der Waals surface area contributed by atoms with Crippen LogP contribution in [0.5, 0.6) is 0 Å². The van der Waals surface area contributed by atoms with Gasteiger partial charge in [-0.15, -0.1) is 11.3 Å². The summed E-state index contributed by atoms with van der Waals surface area (Å²) in [6.07, 6.45) is 0.385. The summed E-state index contributed by atoms with van der Waals surface area (Å²) in [5.41, 5.74) is 0. The van der Waals surface area contributed by atoms with E-state index in [1.165, 1.54) is 7.11 Å². The fourth-order valence-electron chi connectivity index (χ4n) is 1.29. The zero-order valence-electron chi connectivity index (χ0n) is 8.99. The SMILES string of the molecule is COC(=O)CC(c1ccc(Br)s1)N(C)C. The molecule has 0 aliphatic carbocycles. The van der Waals surface area contributed by atoms with Gasteiger partial charge in [0.25, 0.3) is 0 Å². The smallest absolute Gasteiger partial charge is 0.307 e. The average molecular weight is 292 g/mol. The highest BCUT2D eigenvalue weighted by Crippen LogP contribution is 2.31. The van der Waals surface area contributed by atoms with Crippen molar-refractivity contribution in [1.82, 2.24) is 4.90 Å². The van der Waals surface area contributed by atoms with Crippen LogP contribution in [0.15, 0.2) is 15.9 Å². The van der Waals surface area contributed by atoms with E-state index in [4.69, 9.17) is 0 Å². The second-order valence-electron chi connectivity index (χ2n) is 3.40. The zero-order valence-corrected chi connectivity index (χ0v) is 11.4. The minimum atomic E-state index is -0.182. The molecule has 1 atom stereocenters. The molecule has 1 aromatic heterocycles. The monoisotopic (exact) mass is 291 g/mol. The Morgan fingerprint density at radius 2 is 2.27 bits per heavy atom. The van der Waals surface area contributed by atoms with E-state index in [2.05, 4.69) is 20.7 Å². The highest BCUT2D eigenvalue weighted by molar-refractivity contribution is 9.11. The third kappa shape index (κ3) is 3.59. The third-order valence-electron chi connectivity index (χ3n) is 2.13. The van der Waals surface area contributed by atoms with Gasteiger partial charge in [-0.1, -0.05) is 0 Å². The van der Waals surface area contributed by atoms with Crippen LogP contribution in [-0.4, -0.2) is 32.1 Å². The van der Waals surface area contributed by atoms with Crippen molar-refractivity contribution >= 4 is 33.2 Å². The lowest BCUT2D eigenvalue weighted by molar-refractivity contribution is -0.141.